The third-order valence-corrected chi connectivity index (χ3v) is 7.84. The van der Waals surface area contributed by atoms with Crippen LogP contribution in [-0.2, 0) is 10.0 Å². The van der Waals surface area contributed by atoms with Crippen LogP contribution < -0.4 is 4.72 Å². The van der Waals surface area contributed by atoms with Crippen molar-refractivity contribution >= 4 is 44.0 Å². The zero-order valence-corrected chi connectivity index (χ0v) is 17.2. The summed E-state index contributed by atoms with van der Waals surface area (Å²) in [6.07, 6.45) is 0. The topological polar surface area (TPSA) is 89.2 Å². The number of sulfonamides is 1. The van der Waals surface area contributed by atoms with E-state index >= 15 is 0 Å². The predicted molar refractivity (Wildman–Crippen MR) is 115 cm³/mol. The Morgan fingerprint density at radius 1 is 0.862 bits per heavy atom. The van der Waals surface area contributed by atoms with Crippen molar-refractivity contribution in [3.63, 3.8) is 0 Å². The molecule has 144 valence electrons. The van der Waals surface area contributed by atoms with Crippen LogP contribution in [0.15, 0.2) is 75.6 Å². The Labute approximate surface area is 174 Å². The minimum atomic E-state index is -3.57. The molecule has 4 heterocycles. The molecule has 0 saturated heterocycles. The summed E-state index contributed by atoms with van der Waals surface area (Å²) in [7, 11) is -3.57. The number of benzene rings is 1. The lowest BCUT2D eigenvalue weighted by Crippen LogP contribution is -2.11. The highest BCUT2D eigenvalue weighted by Crippen LogP contribution is 2.26. The van der Waals surface area contributed by atoms with Crippen molar-refractivity contribution in [3.8, 4) is 22.0 Å². The Kier molecular flexibility index (Phi) is 4.38. The van der Waals surface area contributed by atoms with Gasteiger partial charge in [-0.1, -0.05) is 24.3 Å². The van der Waals surface area contributed by atoms with Gasteiger partial charge in [-0.3, -0.25) is 4.72 Å². The molecule has 5 aromatic rings. The molecule has 0 spiro atoms. The van der Waals surface area contributed by atoms with E-state index in [4.69, 9.17) is 0 Å². The molecular weight excluding hydrogens is 426 g/mol. The van der Waals surface area contributed by atoms with Gasteiger partial charge in [-0.05, 0) is 47.2 Å². The van der Waals surface area contributed by atoms with Gasteiger partial charge in [-0.15, -0.1) is 32.9 Å². The highest BCUT2D eigenvalue weighted by molar-refractivity contribution is 7.94. The molecule has 1 N–H and O–H groups in total. The molecule has 5 rings (SSSR count). The van der Waals surface area contributed by atoms with Gasteiger partial charge in [-0.2, -0.15) is 9.61 Å². The molecule has 0 aliphatic carbocycles. The van der Waals surface area contributed by atoms with Crippen LogP contribution in [0, 0.1) is 0 Å². The Hall–Kier alpha value is -3.08. The summed E-state index contributed by atoms with van der Waals surface area (Å²) in [5.74, 6) is 0.692. The maximum Gasteiger partial charge on any atom is 0.271 e. The molecule has 0 atom stereocenters. The van der Waals surface area contributed by atoms with E-state index in [1.165, 1.54) is 11.3 Å². The van der Waals surface area contributed by atoms with Crippen LogP contribution in [0.3, 0.4) is 0 Å². The molecule has 0 radical (unpaired) electrons. The van der Waals surface area contributed by atoms with E-state index < -0.39 is 10.0 Å². The third-order valence-electron chi connectivity index (χ3n) is 4.20. The van der Waals surface area contributed by atoms with Gasteiger partial charge in [0.2, 0.25) is 0 Å². The van der Waals surface area contributed by atoms with E-state index in [0.717, 1.165) is 16.1 Å². The number of nitrogens with one attached hydrogen (secondary N) is 1. The van der Waals surface area contributed by atoms with Crippen LogP contribution in [0.4, 0.5) is 5.69 Å². The fraction of sp³-hybridized carbons (Fsp3) is 0. The first-order chi connectivity index (χ1) is 14.1. The maximum absolute atomic E-state index is 12.4. The smallest absolute Gasteiger partial charge is 0.271 e. The summed E-state index contributed by atoms with van der Waals surface area (Å²) in [4.78, 5) is 0.987. The number of rotatable bonds is 5. The van der Waals surface area contributed by atoms with Crippen molar-refractivity contribution in [1.29, 1.82) is 0 Å². The molecule has 0 aliphatic rings. The molecule has 0 aliphatic heterocycles. The van der Waals surface area contributed by atoms with Crippen molar-refractivity contribution in [1.82, 2.24) is 19.8 Å². The first-order valence-corrected chi connectivity index (χ1v) is 11.8. The molecule has 0 saturated carbocycles. The lowest BCUT2D eigenvalue weighted by molar-refractivity contribution is 0.603. The number of fused-ring (bicyclic) bond motifs is 1. The number of hydrogen-bond acceptors (Lipinski definition) is 7. The molecule has 0 fully saturated rings. The van der Waals surface area contributed by atoms with Crippen LogP contribution in [0.1, 0.15) is 0 Å². The fourth-order valence-electron chi connectivity index (χ4n) is 2.83. The summed E-state index contributed by atoms with van der Waals surface area (Å²) < 4.78 is 29.3. The van der Waals surface area contributed by atoms with E-state index in [0.29, 0.717) is 17.2 Å². The molecule has 0 unspecified atom stereocenters. The second-order valence-electron chi connectivity index (χ2n) is 6.10. The summed E-state index contributed by atoms with van der Waals surface area (Å²) in [6.45, 7) is 0. The van der Waals surface area contributed by atoms with Gasteiger partial charge in [0, 0.05) is 11.3 Å². The van der Waals surface area contributed by atoms with Gasteiger partial charge in [0.1, 0.15) is 4.21 Å². The third kappa shape index (κ3) is 3.41. The minimum Gasteiger partial charge on any atom is -0.279 e. The average Bonchev–Trinajstić information content (AvgIpc) is 3.48. The second-order valence-corrected chi connectivity index (χ2v) is 9.91. The van der Waals surface area contributed by atoms with E-state index in [9.17, 15) is 8.42 Å². The summed E-state index contributed by atoms with van der Waals surface area (Å²) >= 11 is 2.75. The van der Waals surface area contributed by atoms with Crippen molar-refractivity contribution in [2.24, 2.45) is 0 Å². The molecule has 7 nitrogen and oxygen atoms in total. The molecule has 0 bridgehead atoms. The standard InChI is InChI=1S/C19H13N5O2S3/c25-29(26,18-4-2-12-28-18)23-14-7-5-13(6-8-14)15-9-10-17-20-21-19(24(17)22-15)16-3-1-11-27-16/h1-12,23H. The number of nitrogens with zero attached hydrogens (tertiary/aromatic N) is 4. The Balaban J connectivity index is 1.46. The number of anilines is 1. The van der Waals surface area contributed by atoms with Crippen LogP contribution >= 0.6 is 22.7 Å². The van der Waals surface area contributed by atoms with Gasteiger partial charge in [0.25, 0.3) is 10.0 Å². The molecular formula is C19H13N5O2S3. The van der Waals surface area contributed by atoms with E-state index in [1.807, 2.05) is 41.8 Å². The zero-order valence-electron chi connectivity index (χ0n) is 14.8. The van der Waals surface area contributed by atoms with E-state index in [-0.39, 0.29) is 4.21 Å². The second kappa shape index (κ2) is 7.07. The summed E-state index contributed by atoms with van der Waals surface area (Å²) in [6, 6.07) is 18.0. The zero-order chi connectivity index (χ0) is 19.8. The highest BCUT2D eigenvalue weighted by Gasteiger charge is 2.15. The van der Waals surface area contributed by atoms with Gasteiger partial charge in [-0.25, -0.2) is 8.42 Å². The highest BCUT2D eigenvalue weighted by atomic mass is 32.2. The van der Waals surface area contributed by atoms with Crippen molar-refractivity contribution in [2.45, 2.75) is 4.21 Å². The summed E-state index contributed by atoms with van der Waals surface area (Å²) in [5, 5.41) is 16.8. The van der Waals surface area contributed by atoms with Crippen LogP contribution in [0.5, 0.6) is 0 Å². The van der Waals surface area contributed by atoms with E-state index in [2.05, 4.69) is 20.0 Å². The lowest BCUT2D eigenvalue weighted by Gasteiger charge is -2.07. The number of aromatic nitrogens is 4. The van der Waals surface area contributed by atoms with Crippen molar-refractivity contribution < 1.29 is 8.42 Å². The quantitative estimate of drug-likeness (QED) is 0.439. The first kappa shape index (κ1) is 18.0. The molecule has 4 aromatic heterocycles. The monoisotopic (exact) mass is 439 g/mol. The van der Waals surface area contributed by atoms with Gasteiger partial charge in [0.05, 0.1) is 10.6 Å². The number of hydrogen-bond donors (Lipinski definition) is 1. The Bertz CT molecular complexity index is 1370. The van der Waals surface area contributed by atoms with E-state index in [1.54, 1.807) is 45.5 Å². The van der Waals surface area contributed by atoms with Gasteiger partial charge in [0.15, 0.2) is 11.5 Å². The molecule has 10 heteroatoms. The van der Waals surface area contributed by atoms with Crippen LogP contribution in [0.2, 0.25) is 0 Å². The van der Waals surface area contributed by atoms with Gasteiger partial charge >= 0.3 is 0 Å². The minimum absolute atomic E-state index is 0.280. The first-order valence-electron chi connectivity index (χ1n) is 8.53. The van der Waals surface area contributed by atoms with Gasteiger partial charge < -0.3 is 0 Å². The SMILES string of the molecule is O=S(=O)(Nc1ccc(-c2ccc3nnc(-c4cccs4)n3n2)cc1)c1cccs1. The van der Waals surface area contributed by atoms with Crippen molar-refractivity contribution in [2.75, 3.05) is 4.72 Å². The summed E-state index contributed by atoms with van der Waals surface area (Å²) in [5.41, 5.74) is 2.75. The maximum atomic E-state index is 12.4. The Morgan fingerprint density at radius 2 is 1.66 bits per heavy atom. The predicted octanol–water partition coefficient (Wildman–Crippen LogP) is 4.38. The van der Waals surface area contributed by atoms with Crippen LogP contribution in [-0.4, -0.2) is 28.2 Å². The largest absolute Gasteiger partial charge is 0.279 e. The number of thiophene rings is 2. The molecule has 1 aromatic carbocycles. The lowest BCUT2D eigenvalue weighted by atomic mass is 10.1. The average molecular weight is 440 g/mol. The molecule has 29 heavy (non-hydrogen) atoms. The van der Waals surface area contributed by atoms with Crippen LogP contribution in [0.25, 0.3) is 27.6 Å². The van der Waals surface area contributed by atoms with Crippen molar-refractivity contribution in [3.05, 3.63) is 71.4 Å². The Morgan fingerprint density at radius 3 is 2.38 bits per heavy atom. The molecule has 0 amide bonds. The normalized spacial score (nSPS) is 11.7. The fourth-order valence-corrected chi connectivity index (χ4v) is 5.58.